The van der Waals surface area contributed by atoms with Gasteiger partial charge in [0.1, 0.15) is 11.6 Å². The summed E-state index contributed by atoms with van der Waals surface area (Å²) in [5.41, 5.74) is 3.02. The second-order valence-electron chi connectivity index (χ2n) is 7.05. The lowest BCUT2D eigenvalue weighted by molar-refractivity contribution is -0.141. The van der Waals surface area contributed by atoms with Gasteiger partial charge in [-0.25, -0.2) is 4.98 Å². The number of benzene rings is 1. The molecule has 1 saturated heterocycles. The van der Waals surface area contributed by atoms with Gasteiger partial charge in [0.15, 0.2) is 0 Å². The fourth-order valence-electron chi connectivity index (χ4n) is 4.15. The number of carboxylic acids is 1. The molecular weight excluding hydrogens is 342 g/mol. The third kappa shape index (κ3) is 3.17. The van der Waals surface area contributed by atoms with Crippen molar-refractivity contribution in [2.24, 2.45) is 5.92 Å². The molecule has 0 radical (unpaired) electrons. The average Bonchev–Trinajstić information content (AvgIpc) is 3.24. The van der Waals surface area contributed by atoms with E-state index in [-0.39, 0.29) is 5.92 Å². The molecule has 4 rings (SSSR count). The lowest BCUT2D eigenvalue weighted by Gasteiger charge is -2.18. The van der Waals surface area contributed by atoms with Crippen LogP contribution in [0.3, 0.4) is 0 Å². The summed E-state index contributed by atoms with van der Waals surface area (Å²) in [5, 5.41) is 9.78. The minimum Gasteiger partial charge on any atom is -0.496 e. The number of methoxy groups -OCH3 is 1. The van der Waals surface area contributed by atoms with Crippen molar-refractivity contribution >= 4 is 11.5 Å². The van der Waals surface area contributed by atoms with Crippen molar-refractivity contribution in [2.75, 3.05) is 20.2 Å². The van der Waals surface area contributed by atoms with E-state index in [1.807, 2.05) is 49.5 Å². The summed E-state index contributed by atoms with van der Waals surface area (Å²) >= 11 is 0. The minimum absolute atomic E-state index is 0.103. The van der Waals surface area contributed by atoms with Crippen molar-refractivity contribution in [1.82, 2.24) is 14.3 Å². The first kappa shape index (κ1) is 17.5. The molecule has 6 nitrogen and oxygen atoms in total. The normalized spacial score (nSPS) is 20.2. The third-order valence-corrected chi connectivity index (χ3v) is 5.43. The van der Waals surface area contributed by atoms with E-state index in [1.165, 1.54) is 0 Å². The number of nitrogens with zero attached hydrogens (tertiary/aromatic N) is 3. The van der Waals surface area contributed by atoms with Gasteiger partial charge in [-0.15, -0.1) is 0 Å². The first-order valence-electron chi connectivity index (χ1n) is 9.09. The Balaban J connectivity index is 1.63. The summed E-state index contributed by atoms with van der Waals surface area (Å²) in [4.78, 5) is 18.8. The Bertz CT molecular complexity index is 982. The van der Waals surface area contributed by atoms with Crippen molar-refractivity contribution in [3.8, 4) is 5.75 Å². The van der Waals surface area contributed by atoms with E-state index in [2.05, 4.69) is 15.4 Å². The van der Waals surface area contributed by atoms with Gasteiger partial charge in [-0.1, -0.05) is 24.3 Å². The van der Waals surface area contributed by atoms with Gasteiger partial charge in [0.25, 0.3) is 0 Å². The third-order valence-electron chi connectivity index (χ3n) is 5.43. The highest BCUT2D eigenvalue weighted by Crippen LogP contribution is 2.38. The number of likely N-dealkylation sites (tertiary alicyclic amines) is 1. The molecule has 1 aromatic carbocycles. The zero-order valence-electron chi connectivity index (χ0n) is 15.5. The molecule has 3 heterocycles. The van der Waals surface area contributed by atoms with E-state index in [1.54, 1.807) is 7.11 Å². The molecule has 3 aromatic rings. The van der Waals surface area contributed by atoms with Crippen LogP contribution in [0, 0.1) is 12.8 Å². The second kappa shape index (κ2) is 7.04. The average molecular weight is 365 g/mol. The lowest BCUT2D eigenvalue weighted by Crippen LogP contribution is -2.23. The van der Waals surface area contributed by atoms with Gasteiger partial charge in [-0.05, 0) is 30.7 Å². The largest absolute Gasteiger partial charge is 0.496 e. The maximum absolute atomic E-state index is 11.9. The van der Waals surface area contributed by atoms with Crippen LogP contribution >= 0.6 is 0 Å². The lowest BCUT2D eigenvalue weighted by atomic mass is 9.88. The molecular formula is C21H23N3O3. The van der Waals surface area contributed by atoms with Crippen LogP contribution in [0.4, 0.5) is 0 Å². The summed E-state index contributed by atoms with van der Waals surface area (Å²) in [6.07, 6.45) is 2.00. The van der Waals surface area contributed by atoms with Crippen molar-refractivity contribution in [1.29, 1.82) is 0 Å². The van der Waals surface area contributed by atoms with E-state index in [0.717, 1.165) is 28.3 Å². The van der Waals surface area contributed by atoms with Gasteiger partial charge in [-0.3, -0.25) is 9.69 Å². The van der Waals surface area contributed by atoms with Crippen LogP contribution in [0.15, 0.2) is 48.7 Å². The monoisotopic (exact) mass is 365 g/mol. The molecule has 0 bridgehead atoms. The predicted molar refractivity (Wildman–Crippen MR) is 102 cm³/mol. The molecule has 0 aliphatic carbocycles. The Morgan fingerprint density at radius 1 is 1.22 bits per heavy atom. The molecule has 0 amide bonds. The molecule has 1 aliphatic rings. The summed E-state index contributed by atoms with van der Waals surface area (Å²) in [6, 6.07) is 13.7. The fraction of sp³-hybridized carbons (Fsp3) is 0.333. The van der Waals surface area contributed by atoms with E-state index < -0.39 is 11.9 Å². The molecule has 1 fully saturated rings. The Morgan fingerprint density at radius 2 is 2.00 bits per heavy atom. The molecule has 0 saturated carbocycles. The van der Waals surface area contributed by atoms with Gasteiger partial charge in [-0.2, -0.15) is 0 Å². The number of carboxylic acid groups (broad SMARTS) is 1. The summed E-state index contributed by atoms with van der Waals surface area (Å²) in [6.45, 7) is 3.79. The topological polar surface area (TPSA) is 67.1 Å². The number of carbonyl (C=O) groups is 1. The number of pyridine rings is 1. The van der Waals surface area contributed by atoms with Gasteiger partial charge in [0.05, 0.1) is 24.2 Å². The molecule has 2 atom stereocenters. The van der Waals surface area contributed by atoms with Crippen molar-refractivity contribution in [3.63, 3.8) is 0 Å². The first-order valence-corrected chi connectivity index (χ1v) is 9.09. The van der Waals surface area contributed by atoms with Crippen molar-refractivity contribution in [3.05, 3.63) is 65.7 Å². The molecule has 0 spiro atoms. The van der Waals surface area contributed by atoms with Crippen LogP contribution < -0.4 is 4.74 Å². The van der Waals surface area contributed by atoms with Crippen molar-refractivity contribution in [2.45, 2.75) is 19.4 Å². The number of aromatic nitrogens is 2. The Morgan fingerprint density at radius 3 is 2.78 bits per heavy atom. The molecule has 6 heteroatoms. The molecule has 1 N–H and O–H groups in total. The van der Waals surface area contributed by atoms with Gasteiger partial charge in [0.2, 0.25) is 0 Å². The molecule has 140 valence electrons. The number of fused-ring (bicyclic) bond motifs is 1. The predicted octanol–water partition coefficient (Wildman–Crippen LogP) is 2.95. The number of aryl methyl sites for hydroxylation is 1. The van der Waals surface area contributed by atoms with Crippen LogP contribution in [0.1, 0.15) is 23.0 Å². The standard InChI is InChI=1S/C21H23N3O3/c1-14-22-18(19-8-5-6-10-24(14)19)13-23-11-16(17(12-23)21(25)26)15-7-3-4-9-20(15)27-2/h3-10,16-17H,11-13H2,1-2H3,(H,25,26)/t16-,17+/m0/s1. The number of para-hydroxylation sites is 1. The van der Waals surface area contributed by atoms with E-state index in [0.29, 0.717) is 19.6 Å². The van der Waals surface area contributed by atoms with Crippen LogP contribution in [-0.2, 0) is 11.3 Å². The van der Waals surface area contributed by atoms with Crippen LogP contribution in [0.2, 0.25) is 0 Å². The second-order valence-corrected chi connectivity index (χ2v) is 7.05. The van der Waals surface area contributed by atoms with Gasteiger partial charge >= 0.3 is 5.97 Å². The Labute approximate surface area is 158 Å². The highest BCUT2D eigenvalue weighted by Gasteiger charge is 2.40. The SMILES string of the molecule is COc1ccccc1[C@@H]1CN(Cc2nc(C)n3ccccc23)C[C@H]1C(=O)O. The zero-order valence-corrected chi connectivity index (χ0v) is 15.5. The highest BCUT2D eigenvalue weighted by molar-refractivity contribution is 5.72. The minimum atomic E-state index is -0.765. The molecule has 27 heavy (non-hydrogen) atoms. The Kier molecular flexibility index (Phi) is 4.58. The van der Waals surface area contributed by atoms with Gasteiger partial charge < -0.3 is 14.2 Å². The summed E-state index contributed by atoms with van der Waals surface area (Å²) in [7, 11) is 1.63. The number of imidazole rings is 1. The van der Waals surface area contributed by atoms with E-state index in [9.17, 15) is 9.90 Å². The molecule has 2 aromatic heterocycles. The van der Waals surface area contributed by atoms with Gasteiger partial charge in [0, 0.05) is 31.7 Å². The molecule has 0 unspecified atom stereocenters. The number of aliphatic carboxylic acids is 1. The number of hydrogen-bond donors (Lipinski definition) is 1. The first-order chi connectivity index (χ1) is 13.1. The van der Waals surface area contributed by atoms with Crippen LogP contribution in [0.25, 0.3) is 5.52 Å². The zero-order chi connectivity index (χ0) is 19.0. The van der Waals surface area contributed by atoms with E-state index >= 15 is 0 Å². The van der Waals surface area contributed by atoms with E-state index in [4.69, 9.17) is 9.72 Å². The summed E-state index contributed by atoms with van der Waals surface area (Å²) < 4.78 is 7.54. The number of rotatable bonds is 5. The van der Waals surface area contributed by atoms with Crippen LogP contribution in [0.5, 0.6) is 5.75 Å². The number of ether oxygens (including phenoxy) is 1. The number of hydrogen-bond acceptors (Lipinski definition) is 4. The highest BCUT2D eigenvalue weighted by atomic mass is 16.5. The van der Waals surface area contributed by atoms with Crippen molar-refractivity contribution < 1.29 is 14.6 Å². The maximum atomic E-state index is 11.9. The Hall–Kier alpha value is -2.86. The maximum Gasteiger partial charge on any atom is 0.308 e. The quantitative estimate of drug-likeness (QED) is 0.753. The smallest absolute Gasteiger partial charge is 0.308 e. The van der Waals surface area contributed by atoms with Crippen LogP contribution in [-0.4, -0.2) is 45.6 Å². The summed E-state index contributed by atoms with van der Waals surface area (Å²) in [5.74, 6) is 0.360. The molecule has 1 aliphatic heterocycles. The fourth-order valence-corrected chi connectivity index (χ4v) is 4.15.